The van der Waals surface area contributed by atoms with Crippen LogP contribution in [0.25, 0.3) is 0 Å². The monoisotopic (exact) mass is 139 g/mol. The summed E-state index contributed by atoms with van der Waals surface area (Å²) in [5.74, 6) is 5.06. The molecule has 1 N–H and O–H groups in total. The van der Waals surface area contributed by atoms with Crippen molar-refractivity contribution in [3.8, 4) is 11.8 Å². The summed E-state index contributed by atoms with van der Waals surface area (Å²) in [6.07, 6.45) is 0. The van der Waals surface area contributed by atoms with Gasteiger partial charge in [0.25, 0.3) is 5.91 Å². The zero-order valence-electron chi connectivity index (χ0n) is 6.91. The molecular formula is C8H13NO. The van der Waals surface area contributed by atoms with Gasteiger partial charge in [0, 0.05) is 12.5 Å². The summed E-state index contributed by atoms with van der Waals surface area (Å²) >= 11 is 0. The predicted octanol–water partition coefficient (Wildman–Crippen LogP) is 0.782. The summed E-state index contributed by atoms with van der Waals surface area (Å²) < 4.78 is 0. The van der Waals surface area contributed by atoms with Crippen LogP contribution in [0.15, 0.2) is 0 Å². The van der Waals surface area contributed by atoms with Gasteiger partial charge in [0.15, 0.2) is 0 Å². The molecule has 2 heteroatoms. The van der Waals surface area contributed by atoms with Crippen molar-refractivity contribution in [3.63, 3.8) is 0 Å². The van der Waals surface area contributed by atoms with Gasteiger partial charge in [-0.3, -0.25) is 4.79 Å². The highest BCUT2D eigenvalue weighted by molar-refractivity contribution is 5.93. The fraction of sp³-hybridized carbons (Fsp3) is 0.625. The molecule has 10 heavy (non-hydrogen) atoms. The molecule has 0 saturated heterocycles. The number of carbonyl (C=O) groups is 1. The molecule has 0 aliphatic carbocycles. The van der Waals surface area contributed by atoms with Crippen LogP contribution in [-0.2, 0) is 4.79 Å². The van der Waals surface area contributed by atoms with Crippen molar-refractivity contribution < 1.29 is 4.79 Å². The lowest BCUT2D eigenvalue weighted by Crippen LogP contribution is -2.15. The summed E-state index contributed by atoms with van der Waals surface area (Å²) in [5.41, 5.74) is -0.0908. The molecular weight excluding hydrogens is 126 g/mol. The largest absolute Gasteiger partial charge is 0.348 e. The molecule has 0 unspecified atom stereocenters. The fourth-order valence-corrected chi connectivity index (χ4v) is 0.307. The van der Waals surface area contributed by atoms with Gasteiger partial charge in [0.05, 0.1) is 0 Å². The Labute approximate surface area is 62.0 Å². The lowest BCUT2D eigenvalue weighted by molar-refractivity contribution is -0.115. The van der Waals surface area contributed by atoms with E-state index in [2.05, 4.69) is 17.2 Å². The van der Waals surface area contributed by atoms with E-state index in [1.807, 2.05) is 20.8 Å². The van der Waals surface area contributed by atoms with Gasteiger partial charge in [-0.2, -0.15) is 0 Å². The quantitative estimate of drug-likeness (QED) is 0.494. The molecule has 0 aromatic rings. The molecule has 2 nitrogen and oxygen atoms in total. The molecule has 0 spiro atoms. The van der Waals surface area contributed by atoms with Crippen LogP contribution >= 0.6 is 0 Å². The minimum absolute atomic E-state index is 0.0908. The Bertz CT molecular complexity index is 178. The Kier molecular flexibility index (Phi) is 2.95. The van der Waals surface area contributed by atoms with Gasteiger partial charge in [-0.25, -0.2) is 0 Å². The Morgan fingerprint density at radius 3 is 2.20 bits per heavy atom. The van der Waals surface area contributed by atoms with Gasteiger partial charge in [-0.15, -0.1) is 0 Å². The summed E-state index contributed by atoms with van der Waals surface area (Å²) in [7, 11) is 1.57. The second-order valence-electron chi connectivity index (χ2n) is 3.08. The highest BCUT2D eigenvalue weighted by Gasteiger charge is 2.03. The number of carbonyl (C=O) groups excluding carboxylic acids is 1. The topological polar surface area (TPSA) is 29.1 Å². The second-order valence-corrected chi connectivity index (χ2v) is 3.08. The van der Waals surface area contributed by atoms with Crippen LogP contribution in [0.2, 0.25) is 0 Å². The molecule has 0 radical (unpaired) electrons. The zero-order chi connectivity index (χ0) is 8.20. The Morgan fingerprint density at radius 2 is 1.90 bits per heavy atom. The molecule has 0 aromatic carbocycles. The van der Waals surface area contributed by atoms with E-state index >= 15 is 0 Å². The van der Waals surface area contributed by atoms with Crippen LogP contribution in [-0.4, -0.2) is 13.0 Å². The van der Waals surface area contributed by atoms with Crippen molar-refractivity contribution in [2.45, 2.75) is 20.8 Å². The minimum Gasteiger partial charge on any atom is -0.348 e. The molecule has 0 saturated carbocycles. The van der Waals surface area contributed by atoms with Crippen LogP contribution in [0, 0.1) is 17.3 Å². The molecule has 0 heterocycles. The van der Waals surface area contributed by atoms with Crippen molar-refractivity contribution in [1.29, 1.82) is 0 Å². The molecule has 0 aliphatic rings. The zero-order valence-corrected chi connectivity index (χ0v) is 6.91. The van der Waals surface area contributed by atoms with E-state index in [0.29, 0.717) is 0 Å². The number of hydrogen-bond donors (Lipinski definition) is 1. The van der Waals surface area contributed by atoms with Gasteiger partial charge < -0.3 is 5.32 Å². The fourth-order valence-electron chi connectivity index (χ4n) is 0.307. The number of rotatable bonds is 0. The van der Waals surface area contributed by atoms with Crippen molar-refractivity contribution in [1.82, 2.24) is 5.32 Å². The third kappa shape index (κ3) is 5.17. The number of nitrogens with one attached hydrogen (secondary N) is 1. The first-order chi connectivity index (χ1) is 4.45. The lowest BCUT2D eigenvalue weighted by atomic mass is 9.98. The Hall–Kier alpha value is -0.970. The molecule has 1 amide bonds. The average Bonchev–Trinajstić information content (AvgIpc) is 1.81. The molecule has 56 valence electrons. The maximum Gasteiger partial charge on any atom is 0.295 e. The molecule has 0 aromatic heterocycles. The molecule has 0 aliphatic heterocycles. The SMILES string of the molecule is CNC(=O)C#CC(C)(C)C. The third-order valence-corrected chi connectivity index (χ3v) is 0.778. The maximum atomic E-state index is 10.6. The van der Waals surface area contributed by atoms with Gasteiger partial charge in [-0.1, -0.05) is 5.92 Å². The van der Waals surface area contributed by atoms with E-state index < -0.39 is 0 Å². The van der Waals surface area contributed by atoms with E-state index in [1.165, 1.54) is 0 Å². The van der Waals surface area contributed by atoms with Crippen LogP contribution in [0.4, 0.5) is 0 Å². The molecule has 0 fully saturated rings. The van der Waals surface area contributed by atoms with Crippen molar-refractivity contribution in [2.75, 3.05) is 7.05 Å². The average molecular weight is 139 g/mol. The van der Waals surface area contributed by atoms with E-state index in [-0.39, 0.29) is 11.3 Å². The van der Waals surface area contributed by atoms with E-state index in [1.54, 1.807) is 7.05 Å². The van der Waals surface area contributed by atoms with E-state index in [9.17, 15) is 4.79 Å². The normalized spacial score (nSPS) is 9.60. The second kappa shape index (κ2) is 3.26. The first-order valence-electron chi connectivity index (χ1n) is 3.20. The summed E-state index contributed by atoms with van der Waals surface area (Å²) in [5, 5.41) is 2.42. The van der Waals surface area contributed by atoms with E-state index in [0.717, 1.165) is 0 Å². The van der Waals surface area contributed by atoms with Gasteiger partial charge >= 0.3 is 0 Å². The van der Waals surface area contributed by atoms with Gasteiger partial charge in [0.1, 0.15) is 0 Å². The first-order valence-corrected chi connectivity index (χ1v) is 3.20. The highest BCUT2D eigenvalue weighted by atomic mass is 16.1. The maximum absolute atomic E-state index is 10.6. The van der Waals surface area contributed by atoms with Gasteiger partial charge in [-0.05, 0) is 26.7 Å². The minimum atomic E-state index is -0.227. The highest BCUT2D eigenvalue weighted by Crippen LogP contribution is 2.09. The number of hydrogen-bond acceptors (Lipinski definition) is 1. The summed E-state index contributed by atoms with van der Waals surface area (Å²) in [6.45, 7) is 5.88. The molecule has 0 rings (SSSR count). The van der Waals surface area contributed by atoms with Crippen molar-refractivity contribution in [2.24, 2.45) is 5.41 Å². The Balaban J connectivity index is 4.05. The number of amides is 1. The van der Waals surface area contributed by atoms with Crippen LogP contribution in [0.1, 0.15) is 20.8 Å². The van der Waals surface area contributed by atoms with Crippen LogP contribution < -0.4 is 5.32 Å². The third-order valence-electron chi connectivity index (χ3n) is 0.778. The predicted molar refractivity (Wildman–Crippen MR) is 41.3 cm³/mol. The van der Waals surface area contributed by atoms with Crippen molar-refractivity contribution in [3.05, 3.63) is 0 Å². The van der Waals surface area contributed by atoms with Crippen LogP contribution in [0.5, 0.6) is 0 Å². The van der Waals surface area contributed by atoms with Crippen LogP contribution in [0.3, 0.4) is 0 Å². The Morgan fingerprint density at radius 1 is 1.40 bits per heavy atom. The molecule has 0 atom stereocenters. The summed E-state index contributed by atoms with van der Waals surface area (Å²) in [6, 6.07) is 0. The standard InChI is InChI=1S/C8H13NO/c1-8(2,3)6-5-7(10)9-4/h1-4H3,(H,9,10). The van der Waals surface area contributed by atoms with Crippen molar-refractivity contribution >= 4 is 5.91 Å². The smallest absolute Gasteiger partial charge is 0.295 e. The summed E-state index contributed by atoms with van der Waals surface area (Å²) in [4.78, 5) is 10.6. The van der Waals surface area contributed by atoms with E-state index in [4.69, 9.17) is 0 Å². The first kappa shape index (κ1) is 9.03. The lowest BCUT2D eigenvalue weighted by Gasteiger charge is -2.06. The molecule has 0 bridgehead atoms. The van der Waals surface area contributed by atoms with Gasteiger partial charge in [0.2, 0.25) is 0 Å².